The van der Waals surface area contributed by atoms with Crippen molar-refractivity contribution in [3.63, 3.8) is 0 Å². The molecule has 0 heterocycles. The number of carbonyl (C=O) groups is 1. The predicted molar refractivity (Wildman–Crippen MR) is 93.5 cm³/mol. The molecule has 134 valence electrons. The zero-order valence-corrected chi connectivity index (χ0v) is 15.2. The lowest BCUT2D eigenvalue weighted by molar-refractivity contribution is -0.203. The molecule has 4 aliphatic rings. The normalized spacial score (nSPS) is 48.1. The SMILES string of the molecule is COC[C@]1(O)CCC[C@H]2[C@@H]3CCC4=CC(=O)CCC4C3CC[C@@]21C. The number of carbonyl (C=O) groups excluding carboxylic acids is 1. The number of aliphatic hydroxyl groups is 1. The Balaban J connectivity index is 1.63. The van der Waals surface area contributed by atoms with E-state index in [-0.39, 0.29) is 5.41 Å². The van der Waals surface area contributed by atoms with Crippen LogP contribution in [0.4, 0.5) is 0 Å². The van der Waals surface area contributed by atoms with Crippen LogP contribution in [0.5, 0.6) is 0 Å². The molecule has 1 N–H and O–H groups in total. The molecule has 0 aliphatic heterocycles. The lowest BCUT2D eigenvalue weighted by Crippen LogP contribution is -2.61. The quantitative estimate of drug-likeness (QED) is 0.834. The van der Waals surface area contributed by atoms with Gasteiger partial charge in [-0.25, -0.2) is 0 Å². The van der Waals surface area contributed by atoms with Gasteiger partial charge in [0, 0.05) is 18.9 Å². The monoisotopic (exact) mass is 332 g/mol. The maximum absolute atomic E-state index is 11.8. The minimum atomic E-state index is -0.658. The van der Waals surface area contributed by atoms with Gasteiger partial charge < -0.3 is 9.84 Å². The summed E-state index contributed by atoms with van der Waals surface area (Å²) >= 11 is 0. The van der Waals surface area contributed by atoms with E-state index < -0.39 is 5.60 Å². The maximum Gasteiger partial charge on any atom is 0.155 e. The van der Waals surface area contributed by atoms with Crippen molar-refractivity contribution >= 4 is 5.78 Å². The number of ether oxygens (including phenoxy) is 1. The Labute approximate surface area is 145 Å². The first-order valence-corrected chi connectivity index (χ1v) is 9.93. The molecule has 0 amide bonds. The third-order valence-corrected chi connectivity index (χ3v) is 8.24. The molecule has 0 saturated heterocycles. The highest BCUT2D eigenvalue weighted by molar-refractivity contribution is 5.91. The van der Waals surface area contributed by atoms with Crippen LogP contribution in [0.2, 0.25) is 0 Å². The second-order valence-corrected chi connectivity index (χ2v) is 9.12. The van der Waals surface area contributed by atoms with Crippen LogP contribution in [-0.4, -0.2) is 30.2 Å². The zero-order valence-electron chi connectivity index (χ0n) is 15.2. The van der Waals surface area contributed by atoms with E-state index in [1.807, 2.05) is 6.08 Å². The molecule has 4 rings (SSSR count). The van der Waals surface area contributed by atoms with E-state index in [2.05, 4.69) is 6.92 Å². The summed E-state index contributed by atoms with van der Waals surface area (Å²) in [5, 5.41) is 11.4. The van der Waals surface area contributed by atoms with Crippen LogP contribution < -0.4 is 0 Å². The van der Waals surface area contributed by atoms with E-state index in [0.717, 1.165) is 50.4 Å². The number of hydrogen-bond donors (Lipinski definition) is 1. The first kappa shape index (κ1) is 16.8. The fourth-order valence-electron chi connectivity index (χ4n) is 6.99. The van der Waals surface area contributed by atoms with E-state index in [1.54, 1.807) is 7.11 Å². The highest BCUT2D eigenvalue weighted by Crippen LogP contribution is 2.63. The second kappa shape index (κ2) is 5.95. The Morgan fingerprint density at radius 3 is 2.79 bits per heavy atom. The molecule has 4 aliphatic carbocycles. The van der Waals surface area contributed by atoms with Gasteiger partial charge in [-0.2, -0.15) is 0 Å². The van der Waals surface area contributed by atoms with Crippen molar-refractivity contribution in [1.29, 1.82) is 0 Å². The minimum absolute atomic E-state index is 0.00582. The van der Waals surface area contributed by atoms with Crippen molar-refractivity contribution < 1.29 is 14.6 Å². The average Bonchev–Trinajstić information content (AvgIpc) is 2.55. The van der Waals surface area contributed by atoms with Crippen LogP contribution in [0.1, 0.15) is 64.7 Å². The lowest BCUT2D eigenvalue weighted by atomic mass is 9.45. The van der Waals surface area contributed by atoms with Gasteiger partial charge in [-0.05, 0) is 74.7 Å². The van der Waals surface area contributed by atoms with Gasteiger partial charge in [0.1, 0.15) is 0 Å². The van der Waals surface area contributed by atoms with Crippen molar-refractivity contribution in [3.05, 3.63) is 11.6 Å². The average molecular weight is 332 g/mol. The number of hydrogen-bond acceptors (Lipinski definition) is 3. The highest BCUT2D eigenvalue weighted by Gasteiger charge is 2.60. The second-order valence-electron chi connectivity index (χ2n) is 9.12. The van der Waals surface area contributed by atoms with E-state index >= 15 is 0 Å². The molecule has 6 atom stereocenters. The van der Waals surface area contributed by atoms with E-state index in [9.17, 15) is 9.90 Å². The number of allylic oxidation sites excluding steroid dienone is 2. The van der Waals surface area contributed by atoms with Gasteiger partial charge in [-0.3, -0.25) is 4.79 Å². The lowest BCUT2D eigenvalue weighted by Gasteiger charge is -2.62. The smallest absolute Gasteiger partial charge is 0.155 e. The molecular formula is C21H32O3. The van der Waals surface area contributed by atoms with Crippen molar-refractivity contribution in [2.75, 3.05) is 13.7 Å². The first-order chi connectivity index (χ1) is 11.5. The standard InChI is InChI=1S/C21H32O3/c1-20-11-9-17-16-8-6-15(22)12-14(16)5-7-18(17)19(20)4-3-10-21(20,23)13-24-2/h12,16-19,23H,3-11,13H2,1-2H3/t16?,17?,18-,19+,20+,21-/m1/s1. The molecule has 3 fully saturated rings. The molecule has 0 spiro atoms. The molecule has 2 unspecified atom stereocenters. The number of rotatable bonds is 2. The Morgan fingerprint density at radius 2 is 2.00 bits per heavy atom. The molecule has 3 saturated carbocycles. The molecular weight excluding hydrogens is 300 g/mol. The summed E-state index contributed by atoms with van der Waals surface area (Å²) in [6.07, 6.45) is 11.7. The molecule has 0 aromatic carbocycles. The van der Waals surface area contributed by atoms with Crippen molar-refractivity contribution in [1.82, 2.24) is 0 Å². The summed E-state index contributed by atoms with van der Waals surface area (Å²) in [6.45, 7) is 2.81. The Bertz CT molecular complexity index is 549. The Morgan fingerprint density at radius 1 is 1.17 bits per heavy atom. The first-order valence-electron chi connectivity index (χ1n) is 9.93. The fraction of sp³-hybridized carbons (Fsp3) is 0.857. The van der Waals surface area contributed by atoms with Gasteiger partial charge in [0.15, 0.2) is 5.78 Å². The third-order valence-electron chi connectivity index (χ3n) is 8.24. The van der Waals surface area contributed by atoms with Crippen LogP contribution in [0.3, 0.4) is 0 Å². The highest BCUT2D eigenvalue weighted by atomic mass is 16.5. The van der Waals surface area contributed by atoms with Crippen LogP contribution in [0.25, 0.3) is 0 Å². The van der Waals surface area contributed by atoms with Gasteiger partial charge in [0.25, 0.3) is 0 Å². The van der Waals surface area contributed by atoms with E-state index in [1.165, 1.54) is 24.8 Å². The fourth-order valence-corrected chi connectivity index (χ4v) is 6.99. The maximum atomic E-state index is 11.8. The molecule has 0 bridgehead atoms. The Hall–Kier alpha value is -0.670. The third kappa shape index (κ3) is 2.34. The van der Waals surface area contributed by atoms with Gasteiger partial charge in [-0.15, -0.1) is 0 Å². The number of ketones is 1. The summed E-state index contributed by atoms with van der Waals surface area (Å²) in [4.78, 5) is 11.8. The number of methoxy groups -OCH3 is 1. The topological polar surface area (TPSA) is 46.5 Å². The molecule has 0 aromatic heterocycles. The van der Waals surface area contributed by atoms with Crippen molar-refractivity contribution in [2.45, 2.75) is 70.3 Å². The van der Waals surface area contributed by atoms with Gasteiger partial charge in [0.2, 0.25) is 0 Å². The summed E-state index contributed by atoms with van der Waals surface area (Å²) in [5.41, 5.74) is 0.779. The van der Waals surface area contributed by atoms with Crippen molar-refractivity contribution in [3.8, 4) is 0 Å². The summed E-state index contributed by atoms with van der Waals surface area (Å²) in [5.74, 6) is 3.06. The Kier molecular flexibility index (Phi) is 4.16. The zero-order chi connectivity index (χ0) is 16.9. The van der Waals surface area contributed by atoms with Crippen LogP contribution >= 0.6 is 0 Å². The summed E-state index contributed by atoms with van der Waals surface area (Å²) in [6, 6.07) is 0. The number of fused-ring (bicyclic) bond motifs is 5. The van der Waals surface area contributed by atoms with Crippen LogP contribution in [-0.2, 0) is 9.53 Å². The molecule has 24 heavy (non-hydrogen) atoms. The summed E-state index contributed by atoms with van der Waals surface area (Å²) < 4.78 is 5.44. The minimum Gasteiger partial charge on any atom is -0.387 e. The molecule has 3 nitrogen and oxygen atoms in total. The van der Waals surface area contributed by atoms with Crippen LogP contribution in [0.15, 0.2) is 11.6 Å². The largest absolute Gasteiger partial charge is 0.387 e. The van der Waals surface area contributed by atoms with Gasteiger partial charge in [0.05, 0.1) is 12.2 Å². The molecule has 0 aromatic rings. The van der Waals surface area contributed by atoms with Crippen molar-refractivity contribution in [2.24, 2.45) is 29.1 Å². The van der Waals surface area contributed by atoms with Gasteiger partial charge in [-0.1, -0.05) is 18.9 Å². The predicted octanol–water partition coefficient (Wildman–Crippen LogP) is 3.90. The molecule has 3 heteroatoms. The van der Waals surface area contributed by atoms with E-state index in [4.69, 9.17) is 4.74 Å². The molecule has 0 radical (unpaired) electrons. The summed E-state index contributed by atoms with van der Waals surface area (Å²) in [7, 11) is 1.72. The van der Waals surface area contributed by atoms with Crippen LogP contribution in [0, 0.1) is 29.1 Å². The van der Waals surface area contributed by atoms with Gasteiger partial charge >= 0.3 is 0 Å². The van der Waals surface area contributed by atoms with E-state index in [0.29, 0.717) is 24.2 Å².